The first kappa shape index (κ1) is 11.0. The van der Waals surface area contributed by atoms with E-state index in [1.807, 2.05) is 12.3 Å². The van der Waals surface area contributed by atoms with Crippen molar-refractivity contribution in [1.29, 1.82) is 0 Å². The molecule has 1 rings (SSSR count). The van der Waals surface area contributed by atoms with Crippen molar-refractivity contribution in [2.45, 2.75) is 6.42 Å². The van der Waals surface area contributed by atoms with Crippen LogP contribution in [0.5, 0.6) is 0 Å². The Balaban J connectivity index is 2.59. The van der Waals surface area contributed by atoms with Crippen LogP contribution in [0.3, 0.4) is 0 Å². The maximum Gasteiger partial charge on any atom is 0.269 e. The van der Waals surface area contributed by atoms with Gasteiger partial charge in [0.05, 0.1) is 11.5 Å². The molecule has 0 radical (unpaired) electrons. The molecule has 0 heterocycles. The van der Waals surface area contributed by atoms with Crippen LogP contribution < -0.4 is 0 Å². The van der Waals surface area contributed by atoms with Crippen molar-refractivity contribution in [3.63, 3.8) is 0 Å². The zero-order valence-electron chi connectivity index (χ0n) is 7.80. The lowest BCUT2D eigenvalue weighted by Crippen LogP contribution is -1.94. The SMILES string of the molecule is CSOCCc1cccc([N+](=O)[O-])c1. The number of benzene rings is 1. The highest BCUT2D eigenvalue weighted by molar-refractivity contribution is 7.93. The number of rotatable bonds is 5. The van der Waals surface area contributed by atoms with Gasteiger partial charge in [-0.1, -0.05) is 12.1 Å². The van der Waals surface area contributed by atoms with Crippen LogP contribution in [0.15, 0.2) is 24.3 Å². The number of hydrogen-bond acceptors (Lipinski definition) is 4. The summed E-state index contributed by atoms with van der Waals surface area (Å²) in [4.78, 5) is 10.1. The van der Waals surface area contributed by atoms with Gasteiger partial charge in [0.1, 0.15) is 0 Å². The zero-order valence-corrected chi connectivity index (χ0v) is 8.62. The lowest BCUT2D eigenvalue weighted by atomic mass is 10.1. The molecule has 0 N–H and O–H groups in total. The third-order valence-electron chi connectivity index (χ3n) is 1.71. The third kappa shape index (κ3) is 3.35. The van der Waals surface area contributed by atoms with Crippen LogP contribution in [0.25, 0.3) is 0 Å². The van der Waals surface area contributed by atoms with Crippen LogP contribution >= 0.6 is 12.0 Å². The van der Waals surface area contributed by atoms with Gasteiger partial charge < -0.3 is 4.18 Å². The largest absolute Gasteiger partial charge is 0.315 e. The van der Waals surface area contributed by atoms with E-state index in [0.717, 1.165) is 5.56 Å². The molecule has 0 fully saturated rings. The topological polar surface area (TPSA) is 52.4 Å². The van der Waals surface area contributed by atoms with Crippen molar-refractivity contribution in [3.8, 4) is 0 Å². The third-order valence-corrected chi connectivity index (χ3v) is 2.12. The lowest BCUT2D eigenvalue weighted by molar-refractivity contribution is -0.384. The van der Waals surface area contributed by atoms with Crippen molar-refractivity contribution < 1.29 is 9.11 Å². The molecule has 0 amide bonds. The highest BCUT2D eigenvalue weighted by atomic mass is 32.2. The second kappa shape index (κ2) is 5.62. The van der Waals surface area contributed by atoms with E-state index in [0.29, 0.717) is 13.0 Å². The minimum atomic E-state index is -0.390. The normalized spacial score (nSPS) is 10.1. The molecule has 1 aromatic carbocycles. The second-order valence-corrected chi connectivity index (χ2v) is 3.23. The minimum absolute atomic E-state index is 0.131. The number of nitro groups is 1. The van der Waals surface area contributed by atoms with Gasteiger partial charge in [0.2, 0.25) is 0 Å². The fourth-order valence-electron chi connectivity index (χ4n) is 1.07. The summed E-state index contributed by atoms with van der Waals surface area (Å²) < 4.78 is 5.08. The molecule has 0 saturated heterocycles. The van der Waals surface area contributed by atoms with Crippen molar-refractivity contribution >= 4 is 17.7 Å². The molecular weight excluding hydrogens is 202 g/mol. The van der Waals surface area contributed by atoms with Gasteiger partial charge in [0.15, 0.2) is 0 Å². The molecule has 0 atom stereocenters. The molecule has 4 nitrogen and oxygen atoms in total. The van der Waals surface area contributed by atoms with Crippen LogP contribution in [-0.4, -0.2) is 17.8 Å². The standard InChI is InChI=1S/C9H11NO3S/c1-14-13-6-5-8-3-2-4-9(7-8)10(11)12/h2-4,7H,5-6H2,1H3. The van der Waals surface area contributed by atoms with Gasteiger partial charge in [0.25, 0.3) is 5.69 Å². The molecular formula is C9H11NO3S. The Hall–Kier alpha value is -1.07. The fraction of sp³-hybridized carbons (Fsp3) is 0.333. The molecule has 76 valence electrons. The summed E-state index contributed by atoms with van der Waals surface area (Å²) in [7, 11) is 0. The van der Waals surface area contributed by atoms with Crippen LogP contribution in [0.4, 0.5) is 5.69 Å². The summed E-state index contributed by atoms with van der Waals surface area (Å²) in [6.07, 6.45) is 2.54. The molecule has 0 aliphatic carbocycles. The smallest absolute Gasteiger partial charge is 0.269 e. The Morgan fingerprint density at radius 1 is 1.57 bits per heavy atom. The van der Waals surface area contributed by atoms with Crippen molar-refractivity contribution in [1.82, 2.24) is 0 Å². The summed E-state index contributed by atoms with van der Waals surface area (Å²) in [5.74, 6) is 0. The van der Waals surface area contributed by atoms with E-state index in [9.17, 15) is 10.1 Å². The first-order valence-corrected chi connectivity index (χ1v) is 5.28. The Labute approximate surface area is 86.6 Å². The van der Waals surface area contributed by atoms with E-state index < -0.39 is 0 Å². The predicted molar refractivity (Wildman–Crippen MR) is 56.3 cm³/mol. The van der Waals surface area contributed by atoms with Crippen molar-refractivity contribution in [3.05, 3.63) is 39.9 Å². The molecule has 5 heteroatoms. The highest BCUT2D eigenvalue weighted by Gasteiger charge is 2.04. The molecule has 0 unspecified atom stereocenters. The Morgan fingerprint density at radius 2 is 2.36 bits per heavy atom. The summed E-state index contributed by atoms with van der Waals surface area (Å²) in [5, 5.41) is 10.5. The predicted octanol–water partition coefficient (Wildman–Crippen LogP) is 2.43. The second-order valence-electron chi connectivity index (χ2n) is 2.67. The van der Waals surface area contributed by atoms with Crippen LogP contribution in [0.2, 0.25) is 0 Å². The van der Waals surface area contributed by atoms with E-state index in [-0.39, 0.29) is 10.6 Å². The number of hydrogen-bond donors (Lipinski definition) is 0. The Morgan fingerprint density at radius 3 is 3.00 bits per heavy atom. The molecule has 0 aromatic heterocycles. The van der Waals surface area contributed by atoms with Gasteiger partial charge in [-0.3, -0.25) is 10.1 Å². The van der Waals surface area contributed by atoms with Crippen molar-refractivity contribution in [2.24, 2.45) is 0 Å². The number of nitrogens with zero attached hydrogens (tertiary/aromatic N) is 1. The first-order valence-electron chi connectivity index (χ1n) is 4.13. The van der Waals surface area contributed by atoms with E-state index in [4.69, 9.17) is 4.18 Å². The molecule has 0 aliphatic heterocycles. The highest BCUT2D eigenvalue weighted by Crippen LogP contribution is 2.13. The van der Waals surface area contributed by atoms with Gasteiger partial charge in [-0.15, -0.1) is 0 Å². The summed E-state index contributed by atoms with van der Waals surface area (Å²) >= 11 is 1.30. The summed E-state index contributed by atoms with van der Waals surface area (Å²) in [6.45, 7) is 0.572. The summed E-state index contributed by atoms with van der Waals surface area (Å²) in [6, 6.07) is 6.60. The van der Waals surface area contributed by atoms with Gasteiger partial charge >= 0.3 is 0 Å². The van der Waals surface area contributed by atoms with Gasteiger partial charge in [-0.2, -0.15) is 0 Å². The van der Waals surface area contributed by atoms with E-state index in [2.05, 4.69) is 0 Å². The van der Waals surface area contributed by atoms with Crippen LogP contribution in [0.1, 0.15) is 5.56 Å². The molecule has 0 spiro atoms. The molecule has 1 aromatic rings. The summed E-state index contributed by atoms with van der Waals surface area (Å²) in [5.41, 5.74) is 1.06. The quantitative estimate of drug-likeness (QED) is 0.326. The number of nitro benzene ring substituents is 1. The average Bonchev–Trinajstić information content (AvgIpc) is 2.19. The fourth-order valence-corrected chi connectivity index (χ4v) is 1.32. The maximum atomic E-state index is 10.5. The lowest BCUT2D eigenvalue weighted by Gasteiger charge is -2.00. The van der Waals surface area contributed by atoms with Crippen molar-refractivity contribution in [2.75, 3.05) is 12.9 Å². The van der Waals surface area contributed by atoms with Gasteiger partial charge in [-0.05, 0) is 24.0 Å². The maximum absolute atomic E-state index is 10.5. The number of non-ortho nitro benzene ring substituents is 1. The van der Waals surface area contributed by atoms with E-state index in [1.54, 1.807) is 12.1 Å². The van der Waals surface area contributed by atoms with Gasteiger partial charge in [0, 0.05) is 18.4 Å². The molecule has 14 heavy (non-hydrogen) atoms. The Bertz CT molecular complexity index is 317. The zero-order chi connectivity index (χ0) is 10.4. The molecule has 0 aliphatic rings. The monoisotopic (exact) mass is 213 g/mol. The first-order chi connectivity index (χ1) is 6.74. The van der Waals surface area contributed by atoms with Crippen LogP contribution in [-0.2, 0) is 10.6 Å². The van der Waals surface area contributed by atoms with E-state index >= 15 is 0 Å². The average molecular weight is 213 g/mol. The molecule has 0 saturated carbocycles. The molecule has 0 bridgehead atoms. The van der Waals surface area contributed by atoms with E-state index in [1.165, 1.54) is 18.1 Å². The Kier molecular flexibility index (Phi) is 4.42. The minimum Gasteiger partial charge on any atom is -0.315 e. The van der Waals surface area contributed by atoms with Crippen LogP contribution in [0, 0.1) is 10.1 Å². The van der Waals surface area contributed by atoms with Gasteiger partial charge in [-0.25, -0.2) is 0 Å².